The first-order valence-corrected chi connectivity index (χ1v) is 7.84. The number of ether oxygens (including phenoxy) is 1. The second-order valence-electron chi connectivity index (χ2n) is 5.25. The Balaban J connectivity index is 2.21. The normalized spacial score (nSPS) is 18.5. The van der Waals surface area contributed by atoms with Crippen LogP contribution in [0.4, 0.5) is 0 Å². The number of fused-ring (bicyclic) bond motifs is 1. The molecule has 22 heavy (non-hydrogen) atoms. The predicted molar refractivity (Wildman–Crippen MR) is 85.4 cm³/mol. The van der Waals surface area contributed by atoms with Gasteiger partial charge in [0.2, 0.25) is 11.8 Å². The molecule has 1 heterocycles. The molecule has 7 heteroatoms. The van der Waals surface area contributed by atoms with E-state index in [9.17, 15) is 9.59 Å². The number of rotatable bonds is 3. The van der Waals surface area contributed by atoms with E-state index in [1.54, 1.807) is 13.0 Å². The highest BCUT2D eigenvalue weighted by molar-refractivity contribution is 6.43. The Morgan fingerprint density at radius 3 is 2.77 bits per heavy atom. The van der Waals surface area contributed by atoms with Crippen molar-refractivity contribution in [3.05, 3.63) is 27.7 Å². The van der Waals surface area contributed by atoms with Gasteiger partial charge in [-0.25, -0.2) is 0 Å². The first-order valence-electron chi connectivity index (χ1n) is 7.08. The summed E-state index contributed by atoms with van der Waals surface area (Å²) in [4.78, 5) is 23.2. The maximum Gasteiger partial charge on any atom is 0.242 e. The van der Waals surface area contributed by atoms with Crippen LogP contribution in [0.2, 0.25) is 10.0 Å². The molecule has 1 aliphatic heterocycles. The molecule has 1 aromatic carbocycles. The van der Waals surface area contributed by atoms with E-state index < -0.39 is 6.04 Å². The summed E-state index contributed by atoms with van der Waals surface area (Å²) in [5, 5.41) is 6.27. The zero-order chi connectivity index (χ0) is 16.3. The highest BCUT2D eigenvalue weighted by Crippen LogP contribution is 2.40. The molecular weight excluding hydrogens is 327 g/mol. The van der Waals surface area contributed by atoms with Gasteiger partial charge in [-0.05, 0) is 25.8 Å². The molecule has 0 fully saturated rings. The van der Waals surface area contributed by atoms with Gasteiger partial charge in [0.05, 0.1) is 17.7 Å². The van der Waals surface area contributed by atoms with Gasteiger partial charge in [-0.3, -0.25) is 9.59 Å². The van der Waals surface area contributed by atoms with Crippen LogP contribution in [0.3, 0.4) is 0 Å². The van der Waals surface area contributed by atoms with Crippen molar-refractivity contribution in [1.82, 2.24) is 10.6 Å². The zero-order valence-electron chi connectivity index (χ0n) is 12.4. The number of nitrogens with one attached hydrogen (secondary N) is 2. The molecule has 0 saturated heterocycles. The Hall–Kier alpha value is -1.46. The van der Waals surface area contributed by atoms with E-state index in [1.165, 1.54) is 6.92 Å². The van der Waals surface area contributed by atoms with Crippen molar-refractivity contribution in [3.63, 3.8) is 0 Å². The molecular formula is C15H18Cl2N2O3. The van der Waals surface area contributed by atoms with Crippen molar-refractivity contribution >= 4 is 35.0 Å². The van der Waals surface area contributed by atoms with Gasteiger partial charge in [0.15, 0.2) is 0 Å². The molecule has 0 aromatic heterocycles. The van der Waals surface area contributed by atoms with Gasteiger partial charge in [0, 0.05) is 12.5 Å². The second kappa shape index (κ2) is 7.20. The van der Waals surface area contributed by atoms with E-state index >= 15 is 0 Å². The van der Waals surface area contributed by atoms with Crippen LogP contribution in [0.25, 0.3) is 0 Å². The van der Waals surface area contributed by atoms with E-state index in [0.29, 0.717) is 22.4 Å². The highest BCUT2D eigenvalue weighted by Gasteiger charge is 2.26. The summed E-state index contributed by atoms with van der Waals surface area (Å²) in [5.41, 5.74) is 0.801. The summed E-state index contributed by atoms with van der Waals surface area (Å²) >= 11 is 12.2. The molecule has 2 rings (SSSR count). The van der Waals surface area contributed by atoms with Gasteiger partial charge in [-0.2, -0.15) is 0 Å². The van der Waals surface area contributed by atoms with Crippen LogP contribution >= 0.6 is 23.2 Å². The van der Waals surface area contributed by atoms with Gasteiger partial charge in [-0.15, -0.1) is 0 Å². The smallest absolute Gasteiger partial charge is 0.242 e. The molecule has 2 N–H and O–H groups in total. The topological polar surface area (TPSA) is 67.4 Å². The third-order valence-corrected chi connectivity index (χ3v) is 4.26. The first kappa shape index (κ1) is 16.9. The van der Waals surface area contributed by atoms with Crippen LogP contribution in [-0.2, 0) is 9.59 Å². The van der Waals surface area contributed by atoms with Crippen LogP contribution in [0, 0.1) is 0 Å². The molecule has 0 spiro atoms. The Bertz CT molecular complexity index is 592. The quantitative estimate of drug-likeness (QED) is 0.885. The Labute approximate surface area is 139 Å². The monoisotopic (exact) mass is 344 g/mol. The molecule has 5 nitrogen and oxygen atoms in total. The Kier molecular flexibility index (Phi) is 5.53. The zero-order valence-corrected chi connectivity index (χ0v) is 13.9. The Morgan fingerprint density at radius 2 is 2.09 bits per heavy atom. The van der Waals surface area contributed by atoms with Crippen LogP contribution in [0.5, 0.6) is 5.75 Å². The lowest BCUT2D eigenvalue weighted by Gasteiger charge is -2.21. The van der Waals surface area contributed by atoms with Crippen LogP contribution in [-0.4, -0.2) is 24.5 Å². The van der Waals surface area contributed by atoms with Gasteiger partial charge in [0.25, 0.3) is 0 Å². The minimum Gasteiger partial charge on any atom is -0.492 e. The summed E-state index contributed by atoms with van der Waals surface area (Å²) < 4.78 is 5.66. The molecule has 1 aliphatic rings. The van der Waals surface area contributed by atoms with E-state index in [-0.39, 0.29) is 17.9 Å². The molecule has 120 valence electrons. The van der Waals surface area contributed by atoms with Crippen molar-refractivity contribution in [1.29, 1.82) is 0 Å². The lowest BCUT2D eigenvalue weighted by atomic mass is 10.0. The van der Waals surface area contributed by atoms with Crippen molar-refractivity contribution < 1.29 is 14.3 Å². The molecule has 0 unspecified atom stereocenters. The molecule has 2 atom stereocenters. The summed E-state index contributed by atoms with van der Waals surface area (Å²) in [6, 6.07) is 2.67. The van der Waals surface area contributed by atoms with Crippen LogP contribution in [0.1, 0.15) is 38.3 Å². The molecule has 1 aromatic rings. The summed E-state index contributed by atoms with van der Waals surface area (Å²) in [6.07, 6.45) is 1.51. The number of hydrogen-bond acceptors (Lipinski definition) is 3. The van der Waals surface area contributed by atoms with Crippen molar-refractivity contribution in [2.24, 2.45) is 0 Å². The number of amides is 2. The number of benzene rings is 1. The summed E-state index contributed by atoms with van der Waals surface area (Å²) in [7, 11) is 0. The van der Waals surface area contributed by atoms with Gasteiger partial charge >= 0.3 is 0 Å². The average molecular weight is 345 g/mol. The fourth-order valence-corrected chi connectivity index (χ4v) is 2.78. The maximum atomic E-state index is 12.2. The highest BCUT2D eigenvalue weighted by atomic mass is 35.5. The lowest BCUT2D eigenvalue weighted by molar-refractivity contribution is -0.128. The third kappa shape index (κ3) is 3.84. The Morgan fingerprint density at radius 1 is 1.36 bits per heavy atom. The van der Waals surface area contributed by atoms with Crippen molar-refractivity contribution in [2.75, 3.05) is 6.61 Å². The van der Waals surface area contributed by atoms with E-state index in [2.05, 4.69) is 10.6 Å². The lowest BCUT2D eigenvalue weighted by Crippen LogP contribution is -2.45. The van der Waals surface area contributed by atoms with Crippen molar-refractivity contribution in [2.45, 2.75) is 38.8 Å². The van der Waals surface area contributed by atoms with Crippen molar-refractivity contribution in [3.8, 4) is 5.75 Å². The largest absolute Gasteiger partial charge is 0.492 e. The first-order chi connectivity index (χ1) is 10.4. The number of carbonyl (C=O) groups is 2. The maximum absolute atomic E-state index is 12.2. The van der Waals surface area contributed by atoms with Gasteiger partial charge < -0.3 is 15.4 Å². The fourth-order valence-electron chi connectivity index (χ4n) is 2.40. The SMILES string of the molecule is CC(=O)N[C@H](C)C(=O)N[C@@H]1CCCOc2c1ccc(Cl)c2Cl. The van der Waals surface area contributed by atoms with E-state index in [1.807, 2.05) is 6.07 Å². The molecule has 0 radical (unpaired) electrons. The second-order valence-corrected chi connectivity index (χ2v) is 6.04. The molecule has 0 bridgehead atoms. The minimum atomic E-state index is -0.604. The standard InChI is InChI=1S/C15H18Cl2N2O3/c1-8(18-9(2)20)15(21)19-12-4-3-7-22-14-10(12)5-6-11(16)13(14)17/h5-6,8,12H,3-4,7H2,1-2H3,(H,18,20)(H,19,21)/t8-,12-/m1/s1. The van der Waals surface area contributed by atoms with Gasteiger partial charge in [0.1, 0.15) is 16.8 Å². The summed E-state index contributed by atoms with van der Waals surface area (Å²) in [6.45, 7) is 3.53. The number of carbonyl (C=O) groups excluding carboxylic acids is 2. The number of hydrogen-bond donors (Lipinski definition) is 2. The third-order valence-electron chi connectivity index (χ3n) is 3.47. The van der Waals surface area contributed by atoms with Crippen LogP contribution < -0.4 is 15.4 Å². The van der Waals surface area contributed by atoms with Crippen LogP contribution in [0.15, 0.2) is 12.1 Å². The molecule has 0 saturated carbocycles. The summed E-state index contributed by atoms with van der Waals surface area (Å²) in [5.74, 6) is 0.0188. The minimum absolute atomic E-state index is 0.226. The van der Waals surface area contributed by atoms with Gasteiger partial charge in [-0.1, -0.05) is 29.3 Å². The molecule has 2 amide bonds. The number of halogens is 2. The fraction of sp³-hybridized carbons (Fsp3) is 0.467. The molecule has 0 aliphatic carbocycles. The average Bonchev–Trinajstić information content (AvgIpc) is 2.65. The van der Waals surface area contributed by atoms with E-state index in [4.69, 9.17) is 27.9 Å². The predicted octanol–water partition coefficient (Wildman–Crippen LogP) is 2.85. The van der Waals surface area contributed by atoms with E-state index in [0.717, 1.165) is 18.4 Å².